The molecule has 0 aromatic carbocycles. The molecule has 67 valence electrons. The van der Waals surface area contributed by atoms with Crippen molar-refractivity contribution in [1.82, 2.24) is 4.98 Å². The first kappa shape index (κ1) is 8.56. The third-order valence-corrected chi connectivity index (χ3v) is 2.82. The summed E-state index contributed by atoms with van der Waals surface area (Å²) >= 11 is 1.68. The fourth-order valence-electron chi connectivity index (χ4n) is 1.26. The molecule has 1 aliphatic heterocycles. The van der Waals surface area contributed by atoms with Crippen LogP contribution in [0, 0.1) is 6.20 Å². The van der Waals surface area contributed by atoms with Crippen LogP contribution in [0.1, 0.15) is 0 Å². The Labute approximate surface area is 81.1 Å². The summed E-state index contributed by atoms with van der Waals surface area (Å²) in [5.41, 5.74) is 0.879. The third-order valence-electron chi connectivity index (χ3n) is 1.90. The van der Waals surface area contributed by atoms with Crippen LogP contribution in [0.25, 0.3) is 0 Å². The van der Waals surface area contributed by atoms with Crippen LogP contribution in [0.5, 0.6) is 0 Å². The van der Waals surface area contributed by atoms with Crippen molar-refractivity contribution in [2.75, 3.05) is 23.0 Å². The Morgan fingerprint density at radius 3 is 3.23 bits per heavy atom. The van der Waals surface area contributed by atoms with Gasteiger partial charge in [-0.3, -0.25) is 9.78 Å². The minimum Gasteiger partial charge on any atom is -0.309 e. The number of aromatic nitrogens is 1. The number of pyridine rings is 1. The summed E-state index contributed by atoms with van der Waals surface area (Å²) in [7, 11) is 0. The van der Waals surface area contributed by atoms with Gasteiger partial charge in [0.2, 0.25) is 5.91 Å². The van der Waals surface area contributed by atoms with Crippen molar-refractivity contribution < 1.29 is 4.79 Å². The van der Waals surface area contributed by atoms with Gasteiger partial charge in [0.15, 0.2) is 0 Å². The first-order chi connectivity index (χ1) is 6.38. The molecule has 4 heteroatoms. The molecule has 1 fully saturated rings. The molecule has 0 bridgehead atoms. The molecule has 0 saturated carbocycles. The van der Waals surface area contributed by atoms with Crippen molar-refractivity contribution in [2.45, 2.75) is 0 Å². The van der Waals surface area contributed by atoms with Gasteiger partial charge in [0, 0.05) is 12.3 Å². The molecule has 0 aliphatic carbocycles. The van der Waals surface area contributed by atoms with E-state index in [1.807, 2.05) is 6.07 Å². The fourth-order valence-corrected chi connectivity index (χ4v) is 2.05. The predicted octanol–water partition coefficient (Wildman–Crippen LogP) is 0.962. The van der Waals surface area contributed by atoms with Gasteiger partial charge >= 0.3 is 0 Å². The molecule has 1 aliphatic rings. The molecule has 3 nitrogen and oxygen atoms in total. The largest absolute Gasteiger partial charge is 0.309 e. The number of carbonyl (C=O) groups excluding carboxylic acids is 1. The van der Waals surface area contributed by atoms with Crippen LogP contribution in [-0.4, -0.2) is 28.9 Å². The van der Waals surface area contributed by atoms with Crippen LogP contribution in [0.15, 0.2) is 18.3 Å². The van der Waals surface area contributed by atoms with Gasteiger partial charge in [-0.25, -0.2) is 0 Å². The summed E-state index contributed by atoms with van der Waals surface area (Å²) in [6.07, 6.45) is 4.37. The number of amides is 1. The van der Waals surface area contributed by atoms with Crippen LogP contribution in [0.3, 0.4) is 0 Å². The molecule has 0 unspecified atom stereocenters. The third kappa shape index (κ3) is 1.83. The first-order valence-corrected chi connectivity index (χ1v) is 5.23. The highest BCUT2D eigenvalue weighted by Crippen LogP contribution is 2.18. The molecule has 1 aromatic heterocycles. The van der Waals surface area contributed by atoms with E-state index in [0.29, 0.717) is 5.75 Å². The SMILES string of the molecule is O=C1CSCCN1c1cc[c]nc1. The molecule has 1 saturated heterocycles. The lowest BCUT2D eigenvalue weighted by atomic mass is 10.3. The fraction of sp³-hybridized carbons (Fsp3) is 0.333. The van der Waals surface area contributed by atoms with Crippen LogP contribution in [-0.2, 0) is 4.79 Å². The van der Waals surface area contributed by atoms with Crippen molar-refractivity contribution in [1.29, 1.82) is 0 Å². The van der Waals surface area contributed by atoms with E-state index in [0.717, 1.165) is 18.0 Å². The van der Waals surface area contributed by atoms with Gasteiger partial charge in [-0.2, -0.15) is 11.8 Å². The number of hydrogen-bond donors (Lipinski definition) is 0. The van der Waals surface area contributed by atoms with Gasteiger partial charge < -0.3 is 4.90 Å². The van der Waals surface area contributed by atoms with Crippen molar-refractivity contribution in [3.63, 3.8) is 0 Å². The molecule has 13 heavy (non-hydrogen) atoms. The van der Waals surface area contributed by atoms with Crippen molar-refractivity contribution in [3.8, 4) is 0 Å². The number of rotatable bonds is 1. The highest BCUT2D eigenvalue weighted by atomic mass is 32.2. The van der Waals surface area contributed by atoms with Crippen LogP contribution >= 0.6 is 11.8 Å². The number of hydrogen-bond acceptors (Lipinski definition) is 3. The second kappa shape index (κ2) is 3.79. The summed E-state index contributed by atoms with van der Waals surface area (Å²) in [5, 5.41) is 0. The zero-order valence-corrected chi connectivity index (χ0v) is 7.88. The lowest BCUT2D eigenvalue weighted by Gasteiger charge is -2.25. The maximum atomic E-state index is 11.5. The molecule has 0 atom stereocenters. The molecule has 2 heterocycles. The molecule has 0 N–H and O–H groups in total. The average Bonchev–Trinajstić information content (AvgIpc) is 2.20. The first-order valence-electron chi connectivity index (χ1n) is 4.08. The van der Waals surface area contributed by atoms with E-state index in [-0.39, 0.29) is 5.91 Å². The second-order valence-electron chi connectivity index (χ2n) is 2.74. The van der Waals surface area contributed by atoms with Crippen LogP contribution < -0.4 is 4.90 Å². The summed E-state index contributed by atoms with van der Waals surface area (Å²) < 4.78 is 0. The average molecular weight is 193 g/mol. The lowest BCUT2D eigenvalue weighted by Crippen LogP contribution is -2.38. The van der Waals surface area contributed by atoms with Gasteiger partial charge in [-0.05, 0) is 12.1 Å². The zero-order chi connectivity index (χ0) is 9.10. The summed E-state index contributed by atoms with van der Waals surface area (Å²) in [5.74, 6) is 1.76. The summed E-state index contributed by atoms with van der Waals surface area (Å²) in [6.45, 7) is 0.787. The van der Waals surface area contributed by atoms with Crippen molar-refractivity contribution in [3.05, 3.63) is 24.5 Å². The van der Waals surface area contributed by atoms with Gasteiger partial charge in [-0.15, -0.1) is 0 Å². The Bertz CT molecular complexity index is 302. The van der Waals surface area contributed by atoms with Crippen molar-refractivity contribution >= 4 is 23.4 Å². The number of anilines is 1. The van der Waals surface area contributed by atoms with E-state index >= 15 is 0 Å². The maximum Gasteiger partial charge on any atom is 0.237 e. The molecular weight excluding hydrogens is 184 g/mol. The minimum absolute atomic E-state index is 0.171. The van der Waals surface area contributed by atoms with Crippen LogP contribution in [0.2, 0.25) is 0 Å². The monoisotopic (exact) mass is 193 g/mol. The number of nitrogens with zero attached hydrogens (tertiary/aromatic N) is 2. The quantitative estimate of drug-likeness (QED) is 0.666. The Kier molecular flexibility index (Phi) is 2.49. The van der Waals surface area contributed by atoms with E-state index in [9.17, 15) is 4.79 Å². The van der Waals surface area contributed by atoms with Crippen molar-refractivity contribution in [2.24, 2.45) is 0 Å². The van der Waals surface area contributed by atoms with E-state index < -0.39 is 0 Å². The highest BCUT2D eigenvalue weighted by molar-refractivity contribution is 8.00. The van der Waals surface area contributed by atoms with Gasteiger partial charge in [0.1, 0.15) is 0 Å². The zero-order valence-electron chi connectivity index (χ0n) is 7.06. The predicted molar refractivity (Wildman–Crippen MR) is 52.8 cm³/mol. The van der Waals surface area contributed by atoms with E-state index in [1.165, 1.54) is 0 Å². The molecule has 0 spiro atoms. The van der Waals surface area contributed by atoms with E-state index in [1.54, 1.807) is 28.9 Å². The normalized spacial score (nSPS) is 17.5. The molecule has 2 rings (SSSR count). The second-order valence-corrected chi connectivity index (χ2v) is 3.85. The Morgan fingerprint density at radius 1 is 1.62 bits per heavy atom. The summed E-state index contributed by atoms with van der Waals surface area (Å²) in [6, 6.07) is 3.59. The van der Waals surface area contributed by atoms with Crippen LogP contribution in [0.4, 0.5) is 5.69 Å². The standard InChI is InChI=1S/C9H9N2OS/c12-9-7-13-5-4-11(9)8-2-1-3-10-6-8/h1-2,6H,4-5,7H2. The molecular formula is C9H9N2OS. The Balaban J connectivity index is 2.20. The van der Waals surface area contributed by atoms with Gasteiger partial charge in [0.25, 0.3) is 0 Å². The topological polar surface area (TPSA) is 33.2 Å². The highest BCUT2D eigenvalue weighted by Gasteiger charge is 2.19. The number of carbonyl (C=O) groups is 1. The molecule has 1 aromatic rings. The van der Waals surface area contributed by atoms with E-state index in [2.05, 4.69) is 11.2 Å². The Hall–Kier alpha value is -1.03. The van der Waals surface area contributed by atoms with Gasteiger partial charge in [0.05, 0.1) is 23.8 Å². The van der Waals surface area contributed by atoms with E-state index in [4.69, 9.17) is 0 Å². The minimum atomic E-state index is 0.171. The summed E-state index contributed by atoms with van der Waals surface area (Å²) in [4.78, 5) is 17.1. The molecule has 1 amide bonds. The smallest absolute Gasteiger partial charge is 0.237 e. The number of thioether (sulfide) groups is 1. The Morgan fingerprint density at radius 2 is 2.54 bits per heavy atom. The van der Waals surface area contributed by atoms with Gasteiger partial charge in [-0.1, -0.05) is 0 Å². The maximum absolute atomic E-state index is 11.5. The lowest BCUT2D eigenvalue weighted by molar-refractivity contribution is -0.116. The molecule has 1 radical (unpaired) electrons.